The van der Waals surface area contributed by atoms with Crippen molar-refractivity contribution in [1.82, 2.24) is 4.57 Å². The van der Waals surface area contributed by atoms with Crippen molar-refractivity contribution in [3.63, 3.8) is 0 Å². The van der Waals surface area contributed by atoms with Crippen LogP contribution in [-0.2, 0) is 21.7 Å². The summed E-state index contributed by atoms with van der Waals surface area (Å²) in [7, 11) is 0. The summed E-state index contributed by atoms with van der Waals surface area (Å²) in [5.74, 6) is -0.00770. The average molecular weight is 581 g/mol. The number of ketones is 1. The van der Waals surface area contributed by atoms with Gasteiger partial charge < -0.3 is 19.7 Å². The zero-order valence-electron chi connectivity index (χ0n) is 25.6. The molecule has 0 aliphatic rings. The number of hydrogen-bond donors (Lipinski definition) is 2. The monoisotopic (exact) mass is 580 g/mol. The number of hydrogen-bond acceptors (Lipinski definition) is 5. The van der Waals surface area contributed by atoms with Gasteiger partial charge in [-0.05, 0) is 67.3 Å². The Morgan fingerprint density at radius 1 is 0.884 bits per heavy atom. The molecule has 226 valence electrons. The summed E-state index contributed by atoms with van der Waals surface area (Å²) < 4.78 is 7.04. The molecular formula is C37H44N2O4. The van der Waals surface area contributed by atoms with Crippen molar-refractivity contribution in [2.75, 3.05) is 18.5 Å². The summed E-state index contributed by atoms with van der Waals surface area (Å²) in [6, 6.07) is 27.4. The van der Waals surface area contributed by atoms with Crippen LogP contribution in [0.15, 0.2) is 97.3 Å². The Morgan fingerprint density at radius 2 is 1.56 bits per heavy atom. The molecule has 0 aliphatic carbocycles. The molecule has 0 unspecified atom stereocenters. The van der Waals surface area contributed by atoms with Gasteiger partial charge in [-0.3, -0.25) is 9.59 Å². The van der Waals surface area contributed by atoms with Gasteiger partial charge in [0.15, 0.2) is 5.78 Å². The van der Waals surface area contributed by atoms with E-state index in [0.29, 0.717) is 43.5 Å². The number of rotatable bonds is 16. The van der Waals surface area contributed by atoms with Crippen LogP contribution in [0.2, 0.25) is 0 Å². The molecule has 0 saturated carbocycles. The van der Waals surface area contributed by atoms with Gasteiger partial charge in [-0.2, -0.15) is 0 Å². The molecule has 2 N–H and O–H groups in total. The number of nitrogens with zero attached hydrogens (tertiary/aromatic N) is 1. The van der Waals surface area contributed by atoms with E-state index in [1.807, 2.05) is 102 Å². The highest BCUT2D eigenvalue weighted by Crippen LogP contribution is 2.34. The Morgan fingerprint density at radius 3 is 2.19 bits per heavy atom. The fourth-order valence-electron chi connectivity index (χ4n) is 5.49. The van der Waals surface area contributed by atoms with Gasteiger partial charge in [0.25, 0.3) is 0 Å². The molecule has 0 atom stereocenters. The van der Waals surface area contributed by atoms with Crippen molar-refractivity contribution in [2.45, 2.75) is 70.9 Å². The number of aliphatic hydroxyl groups is 1. The van der Waals surface area contributed by atoms with Gasteiger partial charge in [0.2, 0.25) is 0 Å². The minimum Gasteiger partial charge on any atom is -0.466 e. The first-order chi connectivity index (χ1) is 20.8. The maximum atomic E-state index is 13.6. The Hall–Kier alpha value is -4.16. The van der Waals surface area contributed by atoms with Gasteiger partial charge in [-0.1, -0.05) is 86.6 Å². The van der Waals surface area contributed by atoms with E-state index in [2.05, 4.69) is 19.2 Å². The maximum Gasteiger partial charge on any atom is 0.305 e. The molecule has 4 aromatic rings. The van der Waals surface area contributed by atoms with Gasteiger partial charge in [-0.25, -0.2) is 0 Å². The Kier molecular flexibility index (Phi) is 11.3. The number of ether oxygens (including phenoxy) is 1. The minimum absolute atomic E-state index is 0.00715. The van der Waals surface area contributed by atoms with E-state index < -0.39 is 5.60 Å². The number of benzene rings is 3. The fraction of sp³-hybridized carbons (Fsp3) is 0.351. The first-order valence-corrected chi connectivity index (χ1v) is 15.4. The lowest BCUT2D eigenvalue weighted by Crippen LogP contribution is -2.27. The number of aromatic nitrogens is 1. The molecule has 0 fully saturated rings. The maximum absolute atomic E-state index is 13.6. The molecule has 43 heavy (non-hydrogen) atoms. The Labute approximate surface area is 255 Å². The van der Waals surface area contributed by atoms with Crippen molar-refractivity contribution < 1.29 is 19.4 Å². The molecule has 4 rings (SSSR count). The molecular weight excluding hydrogens is 536 g/mol. The van der Waals surface area contributed by atoms with E-state index in [1.165, 1.54) is 0 Å². The summed E-state index contributed by atoms with van der Waals surface area (Å²) in [5, 5.41) is 15.2. The molecule has 0 spiro atoms. The summed E-state index contributed by atoms with van der Waals surface area (Å²) in [6.45, 7) is 7.74. The summed E-state index contributed by atoms with van der Waals surface area (Å²) >= 11 is 0. The quantitative estimate of drug-likeness (QED) is 0.0806. The van der Waals surface area contributed by atoms with Crippen molar-refractivity contribution in [1.29, 1.82) is 0 Å². The lowest BCUT2D eigenvalue weighted by Gasteiger charge is -2.29. The molecule has 3 aromatic carbocycles. The number of aryl methyl sites for hydroxylation is 1. The molecule has 6 nitrogen and oxygen atoms in total. The van der Waals surface area contributed by atoms with Crippen LogP contribution in [0.1, 0.15) is 91.4 Å². The number of unbranched alkanes of at least 4 members (excludes halogenated alkanes) is 1. The molecule has 1 heterocycles. The van der Waals surface area contributed by atoms with Gasteiger partial charge in [0, 0.05) is 48.7 Å². The standard InChI is InChI=1S/C37H44N2O4/c1-4-43-35(40)21-14-24-39-26-33(28(2)3)34(27-39)36(41)29-15-13-20-32(25-29)38-23-12-11-22-37(42,30-16-7-5-8-17-30)31-18-9-6-10-19-31/h5-10,13,15-20,25-28,38,42H,4,11-12,14,21-24H2,1-3H3. The molecule has 0 bridgehead atoms. The second kappa shape index (κ2) is 15.4. The highest BCUT2D eigenvalue weighted by atomic mass is 16.5. The minimum atomic E-state index is -1.04. The highest BCUT2D eigenvalue weighted by molar-refractivity contribution is 6.10. The Balaban J connectivity index is 1.36. The number of esters is 1. The predicted molar refractivity (Wildman–Crippen MR) is 172 cm³/mol. The number of anilines is 1. The van der Waals surface area contributed by atoms with Crippen LogP contribution in [0, 0.1) is 0 Å². The predicted octanol–water partition coefficient (Wildman–Crippen LogP) is 7.70. The van der Waals surface area contributed by atoms with Crippen LogP contribution < -0.4 is 5.32 Å². The highest BCUT2D eigenvalue weighted by Gasteiger charge is 2.30. The van der Waals surface area contributed by atoms with Gasteiger partial charge >= 0.3 is 5.97 Å². The van der Waals surface area contributed by atoms with Crippen LogP contribution in [0.3, 0.4) is 0 Å². The largest absolute Gasteiger partial charge is 0.466 e. The number of carbonyl (C=O) groups is 2. The summed E-state index contributed by atoms with van der Waals surface area (Å²) in [6.07, 6.45) is 7.25. The van der Waals surface area contributed by atoms with E-state index >= 15 is 0 Å². The van der Waals surface area contributed by atoms with Crippen LogP contribution in [0.25, 0.3) is 0 Å². The van der Waals surface area contributed by atoms with E-state index in [0.717, 1.165) is 41.8 Å². The lowest BCUT2D eigenvalue weighted by molar-refractivity contribution is -0.143. The van der Waals surface area contributed by atoms with Crippen molar-refractivity contribution in [3.05, 3.63) is 125 Å². The zero-order chi connectivity index (χ0) is 30.7. The summed E-state index contributed by atoms with van der Waals surface area (Å²) in [5.41, 5.74) is 3.99. The average Bonchev–Trinajstić information content (AvgIpc) is 3.46. The lowest BCUT2D eigenvalue weighted by atomic mass is 9.82. The fourth-order valence-corrected chi connectivity index (χ4v) is 5.49. The van der Waals surface area contributed by atoms with Gasteiger partial charge in [0.1, 0.15) is 5.60 Å². The number of nitrogens with one attached hydrogen (secondary N) is 1. The van der Waals surface area contributed by atoms with Gasteiger partial charge in [0.05, 0.1) is 6.61 Å². The molecule has 0 amide bonds. The van der Waals surface area contributed by atoms with Crippen LogP contribution in [-0.4, -0.2) is 34.6 Å². The third-order valence-electron chi connectivity index (χ3n) is 7.80. The number of carbonyl (C=O) groups excluding carboxylic acids is 2. The zero-order valence-corrected chi connectivity index (χ0v) is 25.6. The molecule has 0 aliphatic heterocycles. The van der Waals surface area contributed by atoms with Crippen molar-refractivity contribution in [3.8, 4) is 0 Å². The second-order valence-electron chi connectivity index (χ2n) is 11.3. The molecule has 0 radical (unpaired) electrons. The first-order valence-electron chi connectivity index (χ1n) is 15.4. The first kappa shape index (κ1) is 31.8. The van der Waals surface area contributed by atoms with Gasteiger partial charge in [-0.15, -0.1) is 0 Å². The molecule has 0 saturated heterocycles. The van der Waals surface area contributed by atoms with Crippen molar-refractivity contribution in [2.24, 2.45) is 0 Å². The topological polar surface area (TPSA) is 80.6 Å². The van der Waals surface area contributed by atoms with Crippen LogP contribution in [0.4, 0.5) is 5.69 Å². The van der Waals surface area contributed by atoms with Crippen LogP contribution in [0.5, 0.6) is 0 Å². The normalized spacial score (nSPS) is 11.5. The van der Waals surface area contributed by atoms with Crippen LogP contribution >= 0.6 is 0 Å². The van der Waals surface area contributed by atoms with E-state index in [1.54, 1.807) is 6.92 Å². The molecule has 1 aromatic heterocycles. The smallest absolute Gasteiger partial charge is 0.305 e. The SMILES string of the molecule is CCOC(=O)CCCn1cc(C(=O)c2cccc(NCCCCC(O)(c3ccccc3)c3ccccc3)c2)c(C(C)C)c1. The second-order valence-corrected chi connectivity index (χ2v) is 11.3. The summed E-state index contributed by atoms with van der Waals surface area (Å²) in [4.78, 5) is 25.3. The molecule has 6 heteroatoms. The third kappa shape index (κ3) is 8.45. The Bertz CT molecular complexity index is 1420. The van der Waals surface area contributed by atoms with Crippen molar-refractivity contribution >= 4 is 17.4 Å². The van der Waals surface area contributed by atoms with E-state index in [9.17, 15) is 14.7 Å². The van der Waals surface area contributed by atoms with E-state index in [4.69, 9.17) is 4.74 Å². The van der Waals surface area contributed by atoms with E-state index in [-0.39, 0.29) is 17.7 Å². The third-order valence-corrected chi connectivity index (χ3v) is 7.80.